The predicted molar refractivity (Wildman–Crippen MR) is 63.9 cm³/mol. The van der Waals surface area contributed by atoms with Crippen molar-refractivity contribution >= 4 is 22.2 Å². The third kappa shape index (κ3) is 2.93. The highest BCUT2D eigenvalue weighted by atomic mass is 35.5. The molecule has 0 amide bonds. The van der Waals surface area contributed by atoms with Gasteiger partial charge in [-0.3, -0.25) is 0 Å². The van der Waals surface area contributed by atoms with Crippen LogP contribution in [0.25, 0.3) is 0 Å². The lowest BCUT2D eigenvalue weighted by atomic mass is 10.2. The molecule has 3 nitrogen and oxygen atoms in total. The first kappa shape index (κ1) is 14.4. The SMILES string of the molecule is CC(C)S(=O)(=O)c1ccccc1CN.Cl. The van der Waals surface area contributed by atoms with Crippen molar-refractivity contribution < 1.29 is 8.42 Å². The van der Waals surface area contributed by atoms with Crippen molar-refractivity contribution in [3.05, 3.63) is 29.8 Å². The molecule has 5 heteroatoms. The van der Waals surface area contributed by atoms with Crippen LogP contribution in [0.15, 0.2) is 29.2 Å². The van der Waals surface area contributed by atoms with Gasteiger partial charge in [0.15, 0.2) is 9.84 Å². The predicted octanol–water partition coefficient (Wildman–Crippen LogP) is 1.75. The van der Waals surface area contributed by atoms with Gasteiger partial charge in [0.05, 0.1) is 10.1 Å². The average molecular weight is 250 g/mol. The molecule has 0 heterocycles. The summed E-state index contributed by atoms with van der Waals surface area (Å²) >= 11 is 0. The van der Waals surface area contributed by atoms with Gasteiger partial charge in [0, 0.05) is 6.54 Å². The third-order valence-electron chi connectivity index (χ3n) is 2.12. The second kappa shape index (κ2) is 5.49. The van der Waals surface area contributed by atoms with Crippen molar-refractivity contribution in [1.29, 1.82) is 0 Å². The van der Waals surface area contributed by atoms with Crippen LogP contribution in [0.4, 0.5) is 0 Å². The first-order valence-electron chi connectivity index (χ1n) is 4.52. The minimum absolute atomic E-state index is 0. The zero-order valence-corrected chi connectivity index (χ0v) is 10.4. The van der Waals surface area contributed by atoms with Gasteiger partial charge >= 0.3 is 0 Å². The molecular formula is C10H16ClNO2S. The maximum absolute atomic E-state index is 11.9. The summed E-state index contributed by atoms with van der Waals surface area (Å²) in [5.41, 5.74) is 6.16. The molecule has 1 rings (SSSR count). The molecule has 0 aliphatic heterocycles. The van der Waals surface area contributed by atoms with Gasteiger partial charge in [-0.15, -0.1) is 12.4 Å². The van der Waals surface area contributed by atoms with E-state index in [4.69, 9.17) is 5.73 Å². The van der Waals surface area contributed by atoms with Gasteiger partial charge < -0.3 is 5.73 Å². The van der Waals surface area contributed by atoms with Crippen molar-refractivity contribution in [2.75, 3.05) is 0 Å². The summed E-state index contributed by atoms with van der Waals surface area (Å²) < 4.78 is 23.7. The molecule has 2 N–H and O–H groups in total. The summed E-state index contributed by atoms with van der Waals surface area (Å²) in [6.45, 7) is 3.59. The van der Waals surface area contributed by atoms with Crippen molar-refractivity contribution in [2.24, 2.45) is 5.73 Å². The molecule has 1 aromatic rings. The van der Waals surface area contributed by atoms with E-state index in [0.717, 1.165) is 0 Å². The van der Waals surface area contributed by atoms with Gasteiger partial charge in [0.2, 0.25) is 0 Å². The third-order valence-corrected chi connectivity index (χ3v) is 4.37. The van der Waals surface area contributed by atoms with E-state index >= 15 is 0 Å². The summed E-state index contributed by atoms with van der Waals surface area (Å²) in [5, 5.41) is -0.407. The number of rotatable bonds is 3. The minimum Gasteiger partial charge on any atom is -0.326 e. The minimum atomic E-state index is -3.20. The first-order chi connectivity index (χ1) is 6.50. The van der Waals surface area contributed by atoms with E-state index in [1.165, 1.54) is 0 Å². The summed E-state index contributed by atoms with van der Waals surface area (Å²) in [6, 6.07) is 6.86. The van der Waals surface area contributed by atoms with Crippen LogP contribution in [0.3, 0.4) is 0 Å². The Morgan fingerprint density at radius 2 is 1.80 bits per heavy atom. The number of sulfone groups is 1. The quantitative estimate of drug-likeness (QED) is 0.888. The van der Waals surface area contributed by atoms with Gasteiger partial charge in [0.25, 0.3) is 0 Å². The normalized spacial score (nSPS) is 11.2. The molecule has 0 atom stereocenters. The van der Waals surface area contributed by atoms with E-state index in [0.29, 0.717) is 10.5 Å². The van der Waals surface area contributed by atoms with Crippen LogP contribution in [0, 0.1) is 0 Å². The Morgan fingerprint density at radius 3 is 2.27 bits per heavy atom. The number of hydrogen-bond donors (Lipinski definition) is 1. The molecule has 0 aliphatic rings. The van der Waals surface area contributed by atoms with E-state index in [1.54, 1.807) is 38.1 Å². The summed E-state index contributed by atoms with van der Waals surface area (Å²) in [4.78, 5) is 0.359. The van der Waals surface area contributed by atoms with Crippen molar-refractivity contribution in [3.8, 4) is 0 Å². The van der Waals surface area contributed by atoms with E-state index in [9.17, 15) is 8.42 Å². The molecule has 0 aliphatic carbocycles. The lowest BCUT2D eigenvalue weighted by molar-refractivity contribution is 0.586. The summed E-state index contributed by atoms with van der Waals surface area (Å²) in [5.74, 6) is 0. The second-order valence-corrected chi connectivity index (χ2v) is 5.88. The Morgan fingerprint density at radius 1 is 1.27 bits per heavy atom. The second-order valence-electron chi connectivity index (χ2n) is 3.41. The van der Waals surface area contributed by atoms with Gasteiger partial charge in [-0.2, -0.15) is 0 Å². The van der Waals surface area contributed by atoms with Gasteiger partial charge in [-0.25, -0.2) is 8.42 Å². The summed E-state index contributed by atoms with van der Waals surface area (Å²) in [6.07, 6.45) is 0. The molecule has 0 saturated heterocycles. The number of halogens is 1. The molecule has 15 heavy (non-hydrogen) atoms. The molecule has 0 fully saturated rings. The molecule has 1 aromatic carbocycles. The van der Waals surface area contributed by atoms with E-state index in [1.807, 2.05) is 0 Å². The van der Waals surface area contributed by atoms with Crippen LogP contribution < -0.4 is 5.73 Å². The highest BCUT2D eigenvalue weighted by Crippen LogP contribution is 2.19. The molecule has 0 radical (unpaired) electrons. The van der Waals surface area contributed by atoms with Crippen molar-refractivity contribution in [2.45, 2.75) is 30.5 Å². The molecule has 0 unspecified atom stereocenters. The topological polar surface area (TPSA) is 60.2 Å². The fourth-order valence-corrected chi connectivity index (χ4v) is 2.50. The Bertz CT molecular complexity index is 415. The fourth-order valence-electron chi connectivity index (χ4n) is 1.20. The van der Waals surface area contributed by atoms with E-state index in [2.05, 4.69) is 0 Å². The Labute approximate surface area is 97.0 Å². The lowest BCUT2D eigenvalue weighted by Crippen LogP contribution is -2.16. The molecular weight excluding hydrogens is 234 g/mol. The average Bonchev–Trinajstić information content (AvgIpc) is 2.17. The van der Waals surface area contributed by atoms with Gasteiger partial charge in [-0.1, -0.05) is 18.2 Å². The van der Waals surface area contributed by atoms with E-state index in [-0.39, 0.29) is 19.0 Å². The van der Waals surface area contributed by atoms with Crippen LogP contribution in [0.2, 0.25) is 0 Å². The number of nitrogens with two attached hydrogens (primary N) is 1. The van der Waals surface area contributed by atoms with Gasteiger partial charge in [0.1, 0.15) is 0 Å². The van der Waals surface area contributed by atoms with Crippen LogP contribution >= 0.6 is 12.4 Å². The fraction of sp³-hybridized carbons (Fsp3) is 0.400. The smallest absolute Gasteiger partial charge is 0.181 e. The molecule has 0 spiro atoms. The zero-order chi connectivity index (χ0) is 10.8. The molecule has 0 aromatic heterocycles. The lowest BCUT2D eigenvalue weighted by Gasteiger charge is -2.11. The van der Waals surface area contributed by atoms with Crippen molar-refractivity contribution in [3.63, 3.8) is 0 Å². The number of hydrogen-bond acceptors (Lipinski definition) is 3. The highest BCUT2D eigenvalue weighted by Gasteiger charge is 2.21. The van der Waals surface area contributed by atoms with Crippen LogP contribution in [-0.2, 0) is 16.4 Å². The first-order valence-corrected chi connectivity index (χ1v) is 6.06. The Kier molecular flexibility index (Phi) is 5.28. The highest BCUT2D eigenvalue weighted by molar-refractivity contribution is 7.92. The monoisotopic (exact) mass is 249 g/mol. The maximum atomic E-state index is 11.9. The summed E-state index contributed by atoms with van der Waals surface area (Å²) in [7, 11) is -3.20. The van der Waals surface area contributed by atoms with Crippen molar-refractivity contribution in [1.82, 2.24) is 0 Å². The maximum Gasteiger partial charge on any atom is 0.181 e. The van der Waals surface area contributed by atoms with E-state index < -0.39 is 15.1 Å². The Balaban J connectivity index is 0.00000196. The molecule has 86 valence electrons. The van der Waals surface area contributed by atoms with Crippen LogP contribution in [-0.4, -0.2) is 13.7 Å². The molecule has 0 saturated carbocycles. The zero-order valence-electron chi connectivity index (χ0n) is 8.80. The largest absolute Gasteiger partial charge is 0.326 e. The van der Waals surface area contributed by atoms with Crippen LogP contribution in [0.5, 0.6) is 0 Å². The number of benzene rings is 1. The molecule has 0 bridgehead atoms. The standard InChI is InChI=1S/C10H15NO2S.ClH/c1-8(2)14(12,13)10-6-4-3-5-9(10)7-11;/h3-6,8H,7,11H2,1-2H3;1H. The van der Waals surface area contributed by atoms with Crippen LogP contribution in [0.1, 0.15) is 19.4 Å². The van der Waals surface area contributed by atoms with Gasteiger partial charge in [-0.05, 0) is 25.5 Å². The Hall–Kier alpha value is -0.580.